The summed E-state index contributed by atoms with van der Waals surface area (Å²) in [7, 11) is 0. The van der Waals surface area contributed by atoms with Gasteiger partial charge in [0, 0.05) is 35.5 Å². The summed E-state index contributed by atoms with van der Waals surface area (Å²) < 4.78 is 0. The van der Waals surface area contributed by atoms with Crippen LogP contribution in [-0.4, -0.2) is 34.2 Å². The number of aromatic nitrogens is 1. The quantitative estimate of drug-likeness (QED) is 0.541. The van der Waals surface area contributed by atoms with E-state index in [-0.39, 0.29) is 42.5 Å². The minimum absolute atomic E-state index is 0.0623. The fourth-order valence-corrected chi connectivity index (χ4v) is 4.95. The number of aryl methyl sites for hydroxylation is 1. The first-order chi connectivity index (χ1) is 14.4. The lowest BCUT2D eigenvalue weighted by Crippen LogP contribution is -2.34. The van der Waals surface area contributed by atoms with Gasteiger partial charge in [-0.05, 0) is 37.0 Å². The van der Waals surface area contributed by atoms with Crippen molar-refractivity contribution in [3.63, 3.8) is 0 Å². The number of benzene rings is 1. The van der Waals surface area contributed by atoms with Gasteiger partial charge in [0.2, 0.25) is 17.7 Å². The van der Waals surface area contributed by atoms with Crippen LogP contribution in [0.1, 0.15) is 35.3 Å². The highest BCUT2D eigenvalue weighted by molar-refractivity contribution is 7.15. The summed E-state index contributed by atoms with van der Waals surface area (Å²) in [5, 5.41) is 4.00. The number of rotatable bonds is 6. The van der Waals surface area contributed by atoms with Crippen molar-refractivity contribution < 1.29 is 14.4 Å². The van der Waals surface area contributed by atoms with Crippen molar-refractivity contribution in [3.8, 4) is 0 Å². The molecule has 0 saturated carbocycles. The first-order valence-corrected chi connectivity index (χ1v) is 11.1. The van der Waals surface area contributed by atoms with E-state index in [1.54, 1.807) is 6.20 Å². The molecule has 1 N–H and O–H groups in total. The third-order valence-corrected chi connectivity index (χ3v) is 6.90. The second-order valence-corrected chi connectivity index (χ2v) is 9.20. The number of carbonyl (C=O) groups is 3. The van der Waals surface area contributed by atoms with Gasteiger partial charge in [-0.1, -0.05) is 35.9 Å². The maximum Gasteiger partial charge on any atom is 0.233 e. The normalized spacial score (nSPS) is 20.5. The number of nitrogens with one attached hydrogen (secondary N) is 1. The third kappa shape index (κ3) is 4.32. The lowest BCUT2D eigenvalue weighted by Gasteiger charge is -2.14. The molecular formula is C22H22ClN3O3S. The summed E-state index contributed by atoms with van der Waals surface area (Å²) >= 11 is 7.58. The minimum atomic E-state index is -0.262. The molecule has 1 fully saturated rings. The summed E-state index contributed by atoms with van der Waals surface area (Å²) in [5.41, 5.74) is 2.11. The SMILES string of the molecule is Cc1ccc(Cc2cnc(NC(=O)CCN3C(=O)C4CC=CCC4C3=O)s2)cc1Cl. The number of fused-ring (bicyclic) bond motifs is 1. The van der Waals surface area contributed by atoms with Crippen molar-refractivity contribution in [2.24, 2.45) is 11.8 Å². The van der Waals surface area contributed by atoms with Gasteiger partial charge in [0.05, 0.1) is 11.8 Å². The van der Waals surface area contributed by atoms with E-state index in [0.29, 0.717) is 24.4 Å². The predicted molar refractivity (Wildman–Crippen MR) is 116 cm³/mol. The number of likely N-dealkylation sites (tertiary alicyclic amines) is 1. The highest BCUT2D eigenvalue weighted by Gasteiger charge is 2.46. The number of anilines is 1. The monoisotopic (exact) mass is 443 g/mol. The zero-order chi connectivity index (χ0) is 21.3. The van der Waals surface area contributed by atoms with E-state index in [4.69, 9.17) is 11.6 Å². The molecule has 2 atom stereocenters. The Balaban J connectivity index is 1.30. The summed E-state index contributed by atoms with van der Waals surface area (Å²) in [6.45, 7) is 2.07. The molecule has 156 valence electrons. The Morgan fingerprint density at radius 3 is 2.60 bits per heavy atom. The minimum Gasteiger partial charge on any atom is -0.302 e. The highest BCUT2D eigenvalue weighted by atomic mass is 35.5. The molecule has 4 rings (SSSR count). The van der Waals surface area contributed by atoms with Gasteiger partial charge in [-0.3, -0.25) is 19.3 Å². The van der Waals surface area contributed by atoms with Gasteiger partial charge in [0.1, 0.15) is 0 Å². The van der Waals surface area contributed by atoms with Crippen molar-refractivity contribution in [1.82, 2.24) is 9.88 Å². The fourth-order valence-electron chi connectivity index (χ4n) is 3.88. The van der Waals surface area contributed by atoms with E-state index in [1.165, 1.54) is 16.2 Å². The topological polar surface area (TPSA) is 79.4 Å². The Kier molecular flexibility index (Phi) is 6.01. The van der Waals surface area contributed by atoms with Crippen LogP contribution in [0.5, 0.6) is 0 Å². The van der Waals surface area contributed by atoms with Gasteiger partial charge in [-0.2, -0.15) is 0 Å². The van der Waals surface area contributed by atoms with Crippen LogP contribution in [0.25, 0.3) is 0 Å². The van der Waals surface area contributed by atoms with E-state index >= 15 is 0 Å². The molecule has 2 unspecified atom stereocenters. The average molecular weight is 444 g/mol. The molecule has 0 radical (unpaired) electrons. The van der Waals surface area contributed by atoms with Crippen LogP contribution in [-0.2, 0) is 20.8 Å². The molecule has 2 heterocycles. The third-order valence-electron chi connectivity index (χ3n) is 5.58. The first kappa shape index (κ1) is 20.8. The average Bonchev–Trinajstić information content (AvgIpc) is 3.26. The zero-order valence-electron chi connectivity index (χ0n) is 16.6. The second-order valence-electron chi connectivity index (χ2n) is 7.67. The van der Waals surface area contributed by atoms with Crippen LogP contribution in [0.3, 0.4) is 0 Å². The molecule has 1 aliphatic heterocycles. The van der Waals surface area contributed by atoms with E-state index < -0.39 is 0 Å². The molecule has 6 nitrogen and oxygen atoms in total. The van der Waals surface area contributed by atoms with Crippen LogP contribution in [0, 0.1) is 18.8 Å². The van der Waals surface area contributed by atoms with Crippen LogP contribution in [0.2, 0.25) is 5.02 Å². The fraction of sp³-hybridized carbons (Fsp3) is 0.364. The lowest BCUT2D eigenvalue weighted by atomic mass is 9.85. The van der Waals surface area contributed by atoms with E-state index in [0.717, 1.165) is 21.0 Å². The summed E-state index contributed by atoms with van der Waals surface area (Å²) in [5.74, 6) is -1.10. The van der Waals surface area contributed by atoms with Crippen molar-refractivity contribution in [2.45, 2.75) is 32.6 Å². The largest absolute Gasteiger partial charge is 0.302 e. The van der Waals surface area contributed by atoms with Crippen LogP contribution < -0.4 is 5.32 Å². The summed E-state index contributed by atoms with van der Waals surface area (Å²) in [6.07, 6.45) is 7.59. The molecule has 2 aromatic rings. The zero-order valence-corrected chi connectivity index (χ0v) is 18.1. The summed E-state index contributed by atoms with van der Waals surface area (Å²) in [4.78, 5) is 43.8. The van der Waals surface area contributed by atoms with E-state index in [1.807, 2.05) is 37.3 Å². The molecule has 1 aromatic heterocycles. The van der Waals surface area contributed by atoms with Gasteiger partial charge in [-0.15, -0.1) is 11.3 Å². The van der Waals surface area contributed by atoms with Crippen LogP contribution in [0.4, 0.5) is 5.13 Å². The highest BCUT2D eigenvalue weighted by Crippen LogP contribution is 2.35. The van der Waals surface area contributed by atoms with Gasteiger partial charge in [0.15, 0.2) is 5.13 Å². The van der Waals surface area contributed by atoms with Crippen molar-refractivity contribution >= 4 is 45.8 Å². The number of allylic oxidation sites excluding steroid dienone is 2. The van der Waals surface area contributed by atoms with Crippen LogP contribution >= 0.6 is 22.9 Å². The predicted octanol–water partition coefficient (Wildman–Crippen LogP) is 3.98. The molecule has 3 amide bonds. The maximum atomic E-state index is 12.5. The second kappa shape index (κ2) is 8.70. The first-order valence-electron chi connectivity index (χ1n) is 9.92. The number of thiazole rings is 1. The smallest absolute Gasteiger partial charge is 0.233 e. The number of hydrogen-bond acceptors (Lipinski definition) is 5. The van der Waals surface area contributed by atoms with Crippen molar-refractivity contribution in [2.75, 3.05) is 11.9 Å². The standard InChI is InChI=1S/C22H22ClN3O3S/c1-13-6-7-14(11-18(13)23)10-15-12-24-22(30-15)25-19(27)8-9-26-20(28)16-4-2-3-5-17(16)21(26)29/h2-3,6-7,11-12,16-17H,4-5,8-10H2,1H3,(H,24,25,27). The number of nitrogens with zero attached hydrogens (tertiary/aromatic N) is 2. The molecule has 0 spiro atoms. The Bertz CT molecular complexity index is 1010. The number of amides is 3. The van der Waals surface area contributed by atoms with Crippen molar-refractivity contribution in [1.29, 1.82) is 0 Å². The lowest BCUT2D eigenvalue weighted by molar-refractivity contribution is -0.140. The Hall–Kier alpha value is -2.51. The maximum absolute atomic E-state index is 12.5. The van der Waals surface area contributed by atoms with Gasteiger partial charge >= 0.3 is 0 Å². The van der Waals surface area contributed by atoms with Crippen molar-refractivity contribution in [3.05, 3.63) is 57.6 Å². The molecular weight excluding hydrogens is 422 g/mol. The number of hydrogen-bond donors (Lipinski definition) is 1. The van der Waals surface area contributed by atoms with Gasteiger partial charge in [-0.25, -0.2) is 4.98 Å². The molecule has 2 aliphatic rings. The molecule has 8 heteroatoms. The number of halogens is 1. The summed E-state index contributed by atoms with van der Waals surface area (Å²) in [6, 6.07) is 5.94. The van der Waals surface area contributed by atoms with Gasteiger partial charge < -0.3 is 5.32 Å². The molecule has 30 heavy (non-hydrogen) atoms. The molecule has 0 bridgehead atoms. The number of imide groups is 1. The molecule has 1 saturated heterocycles. The Labute approximate surface area is 183 Å². The Morgan fingerprint density at radius 2 is 1.93 bits per heavy atom. The van der Waals surface area contributed by atoms with Crippen LogP contribution in [0.15, 0.2) is 36.5 Å². The molecule has 1 aromatic carbocycles. The van der Waals surface area contributed by atoms with Gasteiger partial charge in [0.25, 0.3) is 0 Å². The molecule has 1 aliphatic carbocycles. The Morgan fingerprint density at radius 1 is 1.23 bits per heavy atom. The number of carbonyl (C=O) groups excluding carboxylic acids is 3. The van der Waals surface area contributed by atoms with E-state index in [9.17, 15) is 14.4 Å². The van der Waals surface area contributed by atoms with E-state index in [2.05, 4.69) is 10.3 Å².